The molecule has 0 bridgehead atoms. The summed E-state index contributed by atoms with van der Waals surface area (Å²) in [6.07, 6.45) is 5.74. The first kappa shape index (κ1) is 17.9. The molecule has 1 heterocycles. The fraction of sp³-hybridized carbons (Fsp3) is 0.700. The summed E-state index contributed by atoms with van der Waals surface area (Å²) in [6.45, 7) is 6.24. The van der Waals surface area contributed by atoms with Crippen LogP contribution in [0.3, 0.4) is 0 Å². The molecule has 1 saturated heterocycles. The number of anilines is 1. The van der Waals surface area contributed by atoms with E-state index >= 15 is 0 Å². The summed E-state index contributed by atoms with van der Waals surface area (Å²) >= 11 is 0. The van der Waals surface area contributed by atoms with E-state index in [2.05, 4.69) is 43.4 Å². The maximum Gasteiger partial charge on any atom is 0.0489 e. The maximum absolute atomic E-state index is 12.6. The maximum atomic E-state index is 12.6. The van der Waals surface area contributed by atoms with Gasteiger partial charge < -0.3 is 10.1 Å². The molecule has 1 aliphatic heterocycles. The lowest BCUT2D eigenvalue weighted by atomic mass is 9.80. The molecule has 0 spiro atoms. The Kier molecular flexibility index (Phi) is 6.34. The number of hydrogen-bond donors (Lipinski definition) is 1. The van der Waals surface area contributed by atoms with Crippen LogP contribution in [0.2, 0.25) is 0 Å². The summed E-state index contributed by atoms with van der Waals surface area (Å²) in [7, 11) is -0.792. The topological polar surface area (TPSA) is 38.3 Å². The van der Waals surface area contributed by atoms with Crippen molar-refractivity contribution in [3.8, 4) is 0 Å². The second kappa shape index (κ2) is 8.48. The molecule has 1 aromatic rings. The number of hydrogen-bond acceptors (Lipinski definition) is 3. The molecule has 3 rings (SSSR count). The third kappa shape index (κ3) is 4.82. The van der Waals surface area contributed by atoms with Gasteiger partial charge in [0.05, 0.1) is 0 Å². The number of rotatable bonds is 5. The lowest BCUT2D eigenvalue weighted by molar-refractivity contribution is 0.0992. The zero-order valence-electron chi connectivity index (χ0n) is 15.0. The number of nitrogens with one attached hydrogen (secondary N) is 1. The molecular formula is C20H31NO2S. The Morgan fingerprint density at radius 1 is 1.17 bits per heavy atom. The zero-order chi connectivity index (χ0) is 16.9. The fourth-order valence-corrected chi connectivity index (χ4v) is 5.53. The Morgan fingerprint density at radius 3 is 2.71 bits per heavy atom. The highest BCUT2D eigenvalue weighted by molar-refractivity contribution is 7.84. The van der Waals surface area contributed by atoms with E-state index < -0.39 is 10.8 Å². The summed E-state index contributed by atoms with van der Waals surface area (Å²) in [4.78, 5) is 0. The largest absolute Gasteiger partial charge is 0.382 e. The van der Waals surface area contributed by atoms with Crippen LogP contribution in [0.15, 0.2) is 24.3 Å². The molecule has 0 amide bonds. The number of benzene rings is 1. The lowest BCUT2D eigenvalue weighted by Crippen LogP contribution is -2.33. The van der Waals surface area contributed by atoms with Crippen molar-refractivity contribution >= 4 is 16.5 Å². The predicted octanol–water partition coefficient (Wildman–Crippen LogP) is 4.35. The van der Waals surface area contributed by atoms with Gasteiger partial charge in [0.2, 0.25) is 0 Å². The van der Waals surface area contributed by atoms with E-state index in [1.807, 2.05) is 0 Å². The van der Waals surface area contributed by atoms with E-state index in [4.69, 9.17) is 4.74 Å². The van der Waals surface area contributed by atoms with Crippen LogP contribution in [0.4, 0.5) is 5.69 Å². The van der Waals surface area contributed by atoms with Gasteiger partial charge in [-0.3, -0.25) is 4.21 Å². The minimum Gasteiger partial charge on any atom is -0.382 e. The lowest BCUT2D eigenvalue weighted by Gasteiger charge is -2.34. The van der Waals surface area contributed by atoms with Crippen molar-refractivity contribution in [2.45, 2.75) is 63.0 Å². The zero-order valence-corrected chi connectivity index (χ0v) is 15.8. The third-order valence-electron chi connectivity index (χ3n) is 5.56. The molecule has 134 valence electrons. The van der Waals surface area contributed by atoms with E-state index in [9.17, 15) is 4.21 Å². The Morgan fingerprint density at radius 2 is 1.96 bits per heavy atom. The van der Waals surface area contributed by atoms with Crippen molar-refractivity contribution in [2.24, 2.45) is 11.8 Å². The first-order valence-corrected chi connectivity index (χ1v) is 10.8. The molecule has 1 aliphatic carbocycles. The monoisotopic (exact) mass is 349 g/mol. The molecule has 4 atom stereocenters. The summed E-state index contributed by atoms with van der Waals surface area (Å²) in [6, 6.07) is 9.11. The van der Waals surface area contributed by atoms with Crippen LogP contribution in [-0.4, -0.2) is 28.7 Å². The normalized spacial score (nSPS) is 30.0. The van der Waals surface area contributed by atoms with Crippen LogP contribution in [0.1, 0.15) is 51.5 Å². The van der Waals surface area contributed by atoms with Crippen LogP contribution >= 0.6 is 0 Å². The van der Waals surface area contributed by atoms with Crippen LogP contribution in [-0.2, 0) is 21.3 Å². The molecule has 0 aromatic heterocycles. The minimum absolute atomic E-state index is 0.301. The molecule has 1 aromatic carbocycles. The van der Waals surface area contributed by atoms with Gasteiger partial charge in [-0.25, -0.2) is 0 Å². The van der Waals surface area contributed by atoms with Gasteiger partial charge in [-0.05, 0) is 61.6 Å². The second-order valence-electron chi connectivity index (χ2n) is 7.68. The molecule has 2 aliphatic rings. The highest BCUT2D eigenvalue weighted by Crippen LogP contribution is 2.31. The molecule has 0 radical (unpaired) electrons. The standard InChI is InChI=1S/C20H31NO2S/c1-15-6-7-20(16(2)12-15)21-18-5-3-4-17(13-18)14-24(22)19-8-10-23-11-9-19/h3-5,13,15-16,19-21H,6-12,14H2,1-2H3/t15-,16-,20+,24-/m1/s1. The Labute approximate surface area is 149 Å². The van der Waals surface area contributed by atoms with E-state index in [-0.39, 0.29) is 0 Å². The summed E-state index contributed by atoms with van der Waals surface area (Å²) in [5.41, 5.74) is 2.37. The van der Waals surface area contributed by atoms with Gasteiger partial charge in [0, 0.05) is 46.7 Å². The van der Waals surface area contributed by atoms with E-state index in [1.54, 1.807) is 0 Å². The van der Waals surface area contributed by atoms with Crippen molar-refractivity contribution in [3.05, 3.63) is 29.8 Å². The average Bonchev–Trinajstić information content (AvgIpc) is 2.58. The van der Waals surface area contributed by atoms with E-state index in [0.29, 0.717) is 23.0 Å². The summed E-state index contributed by atoms with van der Waals surface area (Å²) in [5, 5.41) is 4.03. The Hall–Kier alpha value is -0.870. The van der Waals surface area contributed by atoms with Gasteiger partial charge in [0.15, 0.2) is 0 Å². The molecule has 0 unspecified atom stereocenters. The van der Waals surface area contributed by atoms with Crippen molar-refractivity contribution < 1.29 is 8.95 Å². The fourth-order valence-electron chi connectivity index (χ4n) is 4.07. The van der Waals surface area contributed by atoms with Gasteiger partial charge >= 0.3 is 0 Å². The molecule has 24 heavy (non-hydrogen) atoms. The molecule has 1 saturated carbocycles. The summed E-state index contributed by atoms with van der Waals surface area (Å²) < 4.78 is 18.0. The van der Waals surface area contributed by atoms with Crippen LogP contribution in [0, 0.1) is 11.8 Å². The quantitative estimate of drug-likeness (QED) is 0.859. The van der Waals surface area contributed by atoms with Gasteiger partial charge in [-0.1, -0.05) is 26.0 Å². The average molecular weight is 350 g/mol. The predicted molar refractivity (Wildman–Crippen MR) is 102 cm³/mol. The van der Waals surface area contributed by atoms with Crippen LogP contribution in [0.25, 0.3) is 0 Å². The Balaban J connectivity index is 1.58. The molecule has 3 nitrogen and oxygen atoms in total. The number of ether oxygens (including phenoxy) is 1. The van der Waals surface area contributed by atoms with Crippen LogP contribution < -0.4 is 5.32 Å². The van der Waals surface area contributed by atoms with Gasteiger partial charge in [0.1, 0.15) is 0 Å². The molecule has 4 heteroatoms. The van der Waals surface area contributed by atoms with Crippen molar-refractivity contribution in [1.29, 1.82) is 0 Å². The van der Waals surface area contributed by atoms with Crippen molar-refractivity contribution in [2.75, 3.05) is 18.5 Å². The van der Waals surface area contributed by atoms with E-state index in [0.717, 1.165) is 32.0 Å². The summed E-state index contributed by atoms with van der Waals surface area (Å²) in [5.74, 6) is 2.23. The van der Waals surface area contributed by atoms with Crippen molar-refractivity contribution in [1.82, 2.24) is 0 Å². The van der Waals surface area contributed by atoms with Crippen molar-refractivity contribution in [3.63, 3.8) is 0 Å². The molecule has 1 N–H and O–H groups in total. The molecule has 2 fully saturated rings. The molecular weight excluding hydrogens is 318 g/mol. The SMILES string of the molecule is C[C@@H]1CC[C@H](Nc2cccc(C[S@@](=O)C3CCOCC3)c2)[C@H](C)C1. The highest BCUT2D eigenvalue weighted by Gasteiger charge is 2.25. The third-order valence-corrected chi connectivity index (χ3v) is 7.39. The smallest absolute Gasteiger partial charge is 0.0489 e. The van der Waals surface area contributed by atoms with Gasteiger partial charge in [-0.2, -0.15) is 0 Å². The first-order chi connectivity index (χ1) is 11.6. The first-order valence-electron chi connectivity index (χ1n) is 9.42. The Bertz CT molecular complexity index is 556. The highest BCUT2D eigenvalue weighted by atomic mass is 32.2. The second-order valence-corrected chi connectivity index (χ2v) is 9.40. The van der Waals surface area contributed by atoms with Gasteiger partial charge in [0.25, 0.3) is 0 Å². The minimum atomic E-state index is -0.792. The van der Waals surface area contributed by atoms with Gasteiger partial charge in [-0.15, -0.1) is 0 Å². The van der Waals surface area contributed by atoms with Crippen LogP contribution in [0.5, 0.6) is 0 Å². The van der Waals surface area contributed by atoms with E-state index in [1.165, 1.54) is 30.5 Å².